The van der Waals surface area contributed by atoms with Gasteiger partial charge in [0, 0.05) is 19.0 Å². The molecule has 2 aromatic rings. The van der Waals surface area contributed by atoms with Crippen molar-refractivity contribution < 1.29 is 18.0 Å². The van der Waals surface area contributed by atoms with Crippen molar-refractivity contribution in [2.24, 2.45) is 0 Å². The summed E-state index contributed by atoms with van der Waals surface area (Å²) in [5.74, 6) is -0.868. The Hall–Kier alpha value is -2.73. The van der Waals surface area contributed by atoms with E-state index in [-0.39, 0.29) is 42.5 Å². The molecular formula is C28H41F2N7O2Si. The molecule has 218 valence electrons. The third-order valence-electron chi connectivity index (χ3n) is 8.83. The molecule has 1 saturated heterocycles. The Bertz CT molecular complexity index is 1270. The van der Waals surface area contributed by atoms with Crippen molar-refractivity contribution in [2.75, 3.05) is 28.2 Å². The molecule has 40 heavy (non-hydrogen) atoms. The van der Waals surface area contributed by atoms with Gasteiger partial charge in [-0.3, -0.25) is 9.69 Å². The van der Waals surface area contributed by atoms with E-state index in [0.29, 0.717) is 36.0 Å². The first-order chi connectivity index (χ1) is 18.6. The zero-order valence-electron chi connectivity index (χ0n) is 24.6. The number of hydrogen-bond donors (Lipinski definition) is 1. The molecule has 1 spiro atoms. The molecule has 0 aromatic carbocycles. The summed E-state index contributed by atoms with van der Waals surface area (Å²) in [7, 11) is -2.08. The number of hydrogen-bond acceptors (Lipinski definition) is 8. The van der Waals surface area contributed by atoms with Crippen molar-refractivity contribution in [3.8, 4) is 0 Å². The predicted molar refractivity (Wildman–Crippen MR) is 154 cm³/mol. The monoisotopic (exact) mass is 573 g/mol. The average molecular weight is 574 g/mol. The number of rotatable bonds is 7. The topological polar surface area (TPSA) is 96.4 Å². The van der Waals surface area contributed by atoms with Crippen LogP contribution >= 0.6 is 0 Å². The summed E-state index contributed by atoms with van der Waals surface area (Å²) in [6.07, 6.45) is 6.17. The molecule has 9 nitrogen and oxygen atoms in total. The van der Waals surface area contributed by atoms with Crippen molar-refractivity contribution in [2.45, 2.75) is 109 Å². The van der Waals surface area contributed by atoms with Gasteiger partial charge in [0.05, 0.1) is 42.2 Å². The van der Waals surface area contributed by atoms with E-state index in [1.807, 2.05) is 13.8 Å². The van der Waals surface area contributed by atoms with E-state index in [4.69, 9.17) is 14.4 Å². The third-order valence-corrected chi connectivity index (χ3v) is 13.3. The van der Waals surface area contributed by atoms with Gasteiger partial charge in [-0.2, -0.15) is 0 Å². The standard InChI is InChI=1S/C28H41F2N7O2Si/c1-18(2)33-22-21-23(35-20(34-22)16-39-40(6,7)26(3,4)5)37(24(38)27(21)10-8-9-11-27)19-14-31-25(32-15-19)36-13-12-28(29,30)17-36/h14-15,18H,8-13,16-17H2,1-7H3,(H,33,34,35). The van der Waals surface area contributed by atoms with Gasteiger partial charge in [0.25, 0.3) is 5.92 Å². The number of aromatic nitrogens is 4. The van der Waals surface area contributed by atoms with Gasteiger partial charge in [-0.05, 0) is 44.8 Å². The summed E-state index contributed by atoms with van der Waals surface area (Å²) in [5.41, 5.74) is 0.569. The lowest BCUT2D eigenvalue weighted by Crippen LogP contribution is -2.40. The fourth-order valence-electron chi connectivity index (χ4n) is 5.60. The molecule has 0 bridgehead atoms. The normalized spacial score (nSPS) is 20.2. The first-order valence-electron chi connectivity index (χ1n) is 14.2. The van der Waals surface area contributed by atoms with Crippen LogP contribution < -0.4 is 15.1 Å². The molecule has 12 heteroatoms. The summed E-state index contributed by atoms with van der Waals surface area (Å²) in [6, 6.07) is 0.0944. The van der Waals surface area contributed by atoms with E-state index in [0.717, 1.165) is 18.4 Å². The lowest BCUT2D eigenvalue weighted by Gasteiger charge is -2.36. The lowest BCUT2D eigenvalue weighted by atomic mass is 9.80. The van der Waals surface area contributed by atoms with Crippen LogP contribution in [0.5, 0.6) is 0 Å². The highest BCUT2D eigenvalue weighted by atomic mass is 28.4. The molecule has 5 rings (SSSR count). The maximum Gasteiger partial charge on any atom is 0.267 e. The van der Waals surface area contributed by atoms with Crippen LogP contribution in [0.1, 0.15) is 78.1 Å². The molecule has 2 fully saturated rings. The van der Waals surface area contributed by atoms with E-state index >= 15 is 0 Å². The molecule has 1 N–H and O–H groups in total. The summed E-state index contributed by atoms with van der Waals surface area (Å²) in [4.78, 5) is 36.0. The summed E-state index contributed by atoms with van der Waals surface area (Å²) in [5, 5.41) is 3.51. The van der Waals surface area contributed by atoms with Crippen molar-refractivity contribution in [3.63, 3.8) is 0 Å². The number of amides is 1. The summed E-state index contributed by atoms with van der Waals surface area (Å²) in [6.45, 7) is 15.0. The van der Waals surface area contributed by atoms with Gasteiger partial charge < -0.3 is 14.6 Å². The van der Waals surface area contributed by atoms with Crippen molar-refractivity contribution >= 4 is 37.5 Å². The number of anilines is 4. The van der Waals surface area contributed by atoms with Crippen molar-refractivity contribution in [1.29, 1.82) is 0 Å². The van der Waals surface area contributed by atoms with E-state index < -0.39 is 26.2 Å². The zero-order valence-corrected chi connectivity index (χ0v) is 25.6. The Morgan fingerprint density at radius 2 is 1.75 bits per heavy atom. The van der Waals surface area contributed by atoms with Crippen LogP contribution in [-0.2, 0) is 21.2 Å². The zero-order chi connectivity index (χ0) is 29.1. The van der Waals surface area contributed by atoms with Gasteiger partial charge in [0.1, 0.15) is 11.6 Å². The highest BCUT2D eigenvalue weighted by Crippen LogP contribution is 2.55. The molecule has 4 heterocycles. The Kier molecular flexibility index (Phi) is 7.17. The van der Waals surface area contributed by atoms with Crippen molar-refractivity contribution in [1.82, 2.24) is 19.9 Å². The molecule has 0 unspecified atom stereocenters. The fraction of sp³-hybridized carbons (Fsp3) is 0.679. The molecule has 1 amide bonds. The maximum absolute atomic E-state index is 14.3. The molecule has 0 radical (unpaired) electrons. The minimum atomic E-state index is -2.75. The van der Waals surface area contributed by atoms with Crippen molar-refractivity contribution in [3.05, 3.63) is 23.8 Å². The van der Waals surface area contributed by atoms with Crippen LogP contribution in [-0.4, -0.2) is 59.2 Å². The number of carbonyl (C=O) groups is 1. The summed E-state index contributed by atoms with van der Waals surface area (Å²) < 4.78 is 34.0. The van der Waals surface area contributed by atoms with Crippen LogP contribution in [0.15, 0.2) is 12.4 Å². The molecule has 1 aliphatic carbocycles. The van der Waals surface area contributed by atoms with E-state index in [1.165, 1.54) is 17.3 Å². The number of fused-ring (bicyclic) bond motifs is 2. The number of nitrogens with zero attached hydrogens (tertiary/aromatic N) is 6. The van der Waals surface area contributed by atoms with Crippen LogP contribution in [0.4, 0.5) is 32.1 Å². The van der Waals surface area contributed by atoms with E-state index in [2.05, 4.69) is 49.1 Å². The SMILES string of the molecule is CC(C)Nc1nc(CO[Si](C)(C)C(C)(C)C)nc2c1C1(CCCC1)C(=O)N2c1cnc(N2CCC(F)(F)C2)nc1. The second kappa shape index (κ2) is 9.97. The molecule has 0 atom stereocenters. The molecule has 2 aliphatic heterocycles. The third kappa shape index (κ3) is 5.08. The lowest BCUT2D eigenvalue weighted by molar-refractivity contribution is -0.122. The molecule has 2 aromatic heterocycles. The number of nitrogens with one attached hydrogen (secondary N) is 1. The average Bonchev–Trinajstić information content (AvgIpc) is 3.55. The second-order valence-electron chi connectivity index (χ2n) is 13.2. The Labute approximate surface area is 236 Å². The molecular weight excluding hydrogens is 532 g/mol. The smallest absolute Gasteiger partial charge is 0.267 e. The van der Waals surface area contributed by atoms with Crippen LogP contribution in [0.3, 0.4) is 0 Å². The maximum atomic E-state index is 14.3. The predicted octanol–water partition coefficient (Wildman–Crippen LogP) is 5.94. The molecule has 1 saturated carbocycles. The second-order valence-corrected chi connectivity index (χ2v) is 18.0. The van der Waals surface area contributed by atoms with Crippen LogP contribution in [0, 0.1) is 0 Å². The van der Waals surface area contributed by atoms with E-state index in [9.17, 15) is 13.6 Å². The number of halogens is 2. The minimum absolute atomic E-state index is 0.0248. The Balaban J connectivity index is 1.56. The van der Waals surface area contributed by atoms with Gasteiger partial charge in [-0.15, -0.1) is 0 Å². The van der Waals surface area contributed by atoms with Crippen LogP contribution in [0.2, 0.25) is 18.1 Å². The van der Waals surface area contributed by atoms with Crippen LogP contribution in [0.25, 0.3) is 0 Å². The van der Waals surface area contributed by atoms with Gasteiger partial charge >= 0.3 is 0 Å². The first kappa shape index (κ1) is 28.8. The van der Waals surface area contributed by atoms with Gasteiger partial charge in [-0.25, -0.2) is 28.7 Å². The summed E-state index contributed by atoms with van der Waals surface area (Å²) >= 11 is 0. The minimum Gasteiger partial charge on any atom is -0.409 e. The largest absolute Gasteiger partial charge is 0.409 e. The molecule has 3 aliphatic rings. The Morgan fingerprint density at radius 1 is 1.10 bits per heavy atom. The highest BCUT2D eigenvalue weighted by Gasteiger charge is 2.56. The first-order valence-corrected chi connectivity index (χ1v) is 17.2. The highest BCUT2D eigenvalue weighted by molar-refractivity contribution is 6.74. The number of alkyl halides is 2. The quantitative estimate of drug-likeness (QED) is 0.407. The Morgan fingerprint density at radius 3 is 2.30 bits per heavy atom. The van der Waals surface area contributed by atoms with Gasteiger partial charge in [0.15, 0.2) is 14.1 Å². The number of carbonyl (C=O) groups excluding carboxylic acids is 1. The fourth-order valence-corrected chi connectivity index (χ4v) is 6.52. The van der Waals surface area contributed by atoms with Gasteiger partial charge in [-0.1, -0.05) is 33.6 Å². The van der Waals surface area contributed by atoms with Gasteiger partial charge in [0.2, 0.25) is 11.9 Å². The van der Waals surface area contributed by atoms with E-state index in [1.54, 1.807) is 4.90 Å².